The number of carbonyl (C=O) groups is 2. The van der Waals surface area contributed by atoms with Crippen LogP contribution in [0.5, 0.6) is 0 Å². The lowest BCUT2D eigenvalue weighted by molar-refractivity contribution is -0.124. The van der Waals surface area contributed by atoms with Crippen molar-refractivity contribution in [2.24, 2.45) is 7.05 Å². The Hall–Kier alpha value is -1.90. The molecule has 1 fully saturated rings. The first-order valence-corrected chi connectivity index (χ1v) is 9.69. The van der Waals surface area contributed by atoms with Crippen LogP contribution < -0.4 is 5.32 Å². The zero-order valence-electron chi connectivity index (χ0n) is 14.7. The second-order valence-electron chi connectivity index (χ2n) is 6.33. The number of H-pyrrole nitrogens is 1. The third-order valence-electron chi connectivity index (χ3n) is 4.60. The highest BCUT2D eigenvalue weighted by Crippen LogP contribution is 2.26. The van der Waals surface area contributed by atoms with Crippen molar-refractivity contribution in [1.82, 2.24) is 25.0 Å². The van der Waals surface area contributed by atoms with Crippen LogP contribution in [0.25, 0.3) is 0 Å². The third kappa shape index (κ3) is 4.34. The van der Waals surface area contributed by atoms with Gasteiger partial charge in [-0.15, -0.1) is 0 Å². The fraction of sp³-hybridized carbons (Fsp3) is 0.412. The summed E-state index contributed by atoms with van der Waals surface area (Å²) in [6.45, 7) is 0.913. The van der Waals surface area contributed by atoms with E-state index in [1.54, 1.807) is 21.6 Å². The molecule has 2 amide bonds. The Morgan fingerprint density at radius 1 is 1.41 bits per heavy atom. The maximum atomic E-state index is 12.9. The van der Waals surface area contributed by atoms with E-state index in [9.17, 15) is 9.59 Å². The number of nitrogens with zero attached hydrogens (tertiary/aromatic N) is 3. The van der Waals surface area contributed by atoms with E-state index in [-0.39, 0.29) is 11.8 Å². The number of carbonyl (C=O) groups excluding carboxylic acids is 2. The lowest BCUT2D eigenvalue weighted by Gasteiger charge is -2.24. The smallest absolute Gasteiger partial charge is 0.256 e. The Morgan fingerprint density at radius 2 is 2.19 bits per heavy atom. The summed E-state index contributed by atoms with van der Waals surface area (Å²) in [5.41, 5.74) is 0.311. The van der Waals surface area contributed by atoms with Gasteiger partial charge in [-0.2, -0.15) is 5.10 Å². The molecule has 2 aromatic rings. The van der Waals surface area contributed by atoms with E-state index in [1.165, 1.54) is 6.07 Å². The number of nitrogens with one attached hydrogen (secondary N) is 2. The van der Waals surface area contributed by atoms with Gasteiger partial charge in [0, 0.05) is 31.6 Å². The molecule has 1 aromatic heterocycles. The average molecular weight is 428 g/mol. The van der Waals surface area contributed by atoms with Gasteiger partial charge >= 0.3 is 0 Å². The Kier molecular flexibility index (Phi) is 6.18. The second-order valence-corrected chi connectivity index (χ2v) is 7.56. The van der Waals surface area contributed by atoms with Gasteiger partial charge in [0.2, 0.25) is 5.91 Å². The summed E-state index contributed by atoms with van der Waals surface area (Å²) in [5.74, 6) is 0.288. The van der Waals surface area contributed by atoms with Gasteiger partial charge in [0.25, 0.3) is 5.91 Å². The lowest BCUT2D eigenvalue weighted by atomic mass is 10.1. The van der Waals surface area contributed by atoms with Crippen LogP contribution in [-0.2, 0) is 18.3 Å². The number of rotatable bonds is 5. The van der Waals surface area contributed by atoms with E-state index < -0.39 is 6.04 Å². The topological polar surface area (TPSA) is 83.0 Å². The SMILES string of the molecule is Cn1c(CCNC(=O)C2CCCN2C(=O)c2cc(Cl)ccc2Cl)n[nH]c1=S. The van der Waals surface area contributed by atoms with Crippen molar-refractivity contribution >= 4 is 47.2 Å². The molecule has 144 valence electrons. The largest absolute Gasteiger partial charge is 0.354 e. The van der Waals surface area contributed by atoms with Crippen molar-refractivity contribution in [2.45, 2.75) is 25.3 Å². The van der Waals surface area contributed by atoms with Gasteiger partial charge in [0.05, 0.1) is 10.6 Å². The van der Waals surface area contributed by atoms with Crippen LogP contribution in [0.4, 0.5) is 0 Å². The van der Waals surface area contributed by atoms with Gasteiger partial charge in [-0.25, -0.2) is 0 Å². The highest BCUT2D eigenvalue weighted by Gasteiger charge is 2.35. The molecule has 0 bridgehead atoms. The van der Waals surface area contributed by atoms with Crippen LogP contribution >= 0.6 is 35.4 Å². The second kappa shape index (κ2) is 8.41. The minimum absolute atomic E-state index is 0.184. The van der Waals surface area contributed by atoms with E-state index in [0.29, 0.717) is 46.3 Å². The van der Waals surface area contributed by atoms with E-state index in [1.807, 2.05) is 7.05 Å². The van der Waals surface area contributed by atoms with Gasteiger partial charge in [0.15, 0.2) is 4.77 Å². The highest BCUT2D eigenvalue weighted by molar-refractivity contribution is 7.71. The minimum atomic E-state index is -0.519. The molecule has 1 saturated heterocycles. The summed E-state index contributed by atoms with van der Waals surface area (Å²) in [7, 11) is 1.81. The molecule has 10 heteroatoms. The van der Waals surface area contributed by atoms with E-state index in [2.05, 4.69) is 15.5 Å². The number of halogens is 2. The summed E-state index contributed by atoms with van der Waals surface area (Å²) in [5, 5.41) is 10.4. The first-order valence-electron chi connectivity index (χ1n) is 8.52. The minimum Gasteiger partial charge on any atom is -0.354 e. The predicted octanol–water partition coefficient (Wildman–Crippen LogP) is 2.75. The summed E-state index contributed by atoms with van der Waals surface area (Å²) >= 11 is 17.2. The quantitative estimate of drug-likeness (QED) is 0.718. The normalized spacial score (nSPS) is 16.6. The first kappa shape index (κ1) is 19.9. The molecule has 1 aliphatic heterocycles. The van der Waals surface area contributed by atoms with Gasteiger partial charge in [-0.3, -0.25) is 14.7 Å². The summed E-state index contributed by atoms with van der Waals surface area (Å²) < 4.78 is 2.29. The molecule has 0 radical (unpaired) electrons. The Labute approximate surface area is 171 Å². The first-order chi connectivity index (χ1) is 12.9. The van der Waals surface area contributed by atoms with E-state index >= 15 is 0 Å². The zero-order valence-corrected chi connectivity index (χ0v) is 17.0. The van der Waals surface area contributed by atoms with Crippen molar-refractivity contribution < 1.29 is 9.59 Å². The van der Waals surface area contributed by atoms with Crippen LogP contribution in [0.3, 0.4) is 0 Å². The molecule has 1 unspecified atom stereocenters. The molecule has 0 spiro atoms. The standard InChI is InChI=1S/C17H19Cl2N5O2S/c1-23-14(21-22-17(23)27)6-7-20-15(25)13-3-2-8-24(13)16(26)11-9-10(18)4-5-12(11)19/h4-5,9,13H,2-3,6-8H2,1H3,(H,20,25)(H,22,27). The third-order valence-corrected chi connectivity index (χ3v) is 5.53. The molecular weight excluding hydrogens is 409 g/mol. The van der Waals surface area contributed by atoms with E-state index in [0.717, 1.165) is 12.2 Å². The van der Waals surface area contributed by atoms with E-state index in [4.69, 9.17) is 35.4 Å². The molecule has 27 heavy (non-hydrogen) atoms. The summed E-state index contributed by atoms with van der Waals surface area (Å²) in [4.78, 5) is 27.0. The molecule has 2 N–H and O–H groups in total. The average Bonchev–Trinajstić information content (AvgIpc) is 3.25. The number of benzene rings is 1. The van der Waals surface area contributed by atoms with Crippen molar-refractivity contribution in [2.75, 3.05) is 13.1 Å². The van der Waals surface area contributed by atoms with Crippen molar-refractivity contribution in [3.05, 3.63) is 44.4 Å². The fourth-order valence-electron chi connectivity index (χ4n) is 3.12. The number of hydrogen-bond donors (Lipinski definition) is 2. The molecule has 2 heterocycles. The molecule has 0 aliphatic carbocycles. The maximum Gasteiger partial charge on any atom is 0.256 e. The van der Waals surface area contributed by atoms with Crippen molar-refractivity contribution in [3.63, 3.8) is 0 Å². The lowest BCUT2D eigenvalue weighted by Crippen LogP contribution is -2.46. The van der Waals surface area contributed by atoms with Crippen LogP contribution in [-0.4, -0.2) is 50.6 Å². The van der Waals surface area contributed by atoms with Crippen LogP contribution in [0.2, 0.25) is 10.0 Å². The van der Waals surface area contributed by atoms with Gasteiger partial charge < -0.3 is 14.8 Å². The molecule has 7 nitrogen and oxygen atoms in total. The monoisotopic (exact) mass is 427 g/mol. The van der Waals surface area contributed by atoms with Crippen LogP contribution in [0.1, 0.15) is 29.0 Å². The molecule has 0 saturated carbocycles. The molecular formula is C17H19Cl2N5O2S. The maximum absolute atomic E-state index is 12.9. The van der Waals surface area contributed by atoms with Crippen molar-refractivity contribution in [3.8, 4) is 0 Å². The van der Waals surface area contributed by atoms with Gasteiger partial charge in [0.1, 0.15) is 11.9 Å². The number of aromatic amines is 1. The number of amides is 2. The zero-order chi connectivity index (χ0) is 19.6. The molecule has 3 rings (SSSR count). The molecule has 1 atom stereocenters. The Balaban J connectivity index is 1.64. The summed E-state index contributed by atoms with van der Waals surface area (Å²) in [6.07, 6.45) is 1.91. The fourth-order valence-corrected chi connectivity index (χ4v) is 3.64. The molecule has 1 aliphatic rings. The van der Waals surface area contributed by atoms with Crippen LogP contribution in [0, 0.1) is 4.77 Å². The van der Waals surface area contributed by atoms with Crippen molar-refractivity contribution in [1.29, 1.82) is 0 Å². The number of hydrogen-bond acceptors (Lipinski definition) is 4. The summed E-state index contributed by atoms with van der Waals surface area (Å²) in [6, 6.07) is 4.22. The Bertz CT molecular complexity index is 926. The molecule has 1 aromatic carbocycles. The van der Waals surface area contributed by atoms with Gasteiger partial charge in [-0.1, -0.05) is 23.2 Å². The highest BCUT2D eigenvalue weighted by atomic mass is 35.5. The Morgan fingerprint density at radius 3 is 2.89 bits per heavy atom. The number of likely N-dealkylation sites (tertiary alicyclic amines) is 1. The predicted molar refractivity (Wildman–Crippen MR) is 106 cm³/mol. The number of aromatic nitrogens is 3. The van der Waals surface area contributed by atoms with Crippen LogP contribution in [0.15, 0.2) is 18.2 Å². The van der Waals surface area contributed by atoms with Gasteiger partial charge in [-0.05, 0) is 43.3 Å².